The zero-order valence-corrected chi connectivity index (χ0v) is 12.6. The Morgan fingerprint density at radius 1 is 1.30 bits per heavy atom. The molecule has 1 N–H and O–H groups in total. The lowest BCUT2D eigenvalue weighted by Crippen LogP contribution is -2.52. The van der Waals surface area contributed by atoms with E-state index in [2.05, 4.69) is 14.9 Å². The first kappa shape index (κ1) is 18.0. The van der Waals surface area contributed by atoms with Crippen molar-refractivity contribution >= 4 is 12.1 Å². The summed E-state index contributed by atoms with van der Waals surface area (Å²) in [7, 11) is 1.24. The van der Waals surface area contributed by atoms with Gasteiger partial charge in [0.2, 0.25) is 6.54 Å². The highest BCUT2D eigenvalue weighted by Gasteiger charge is 2.35. The van der Waals surface area contributed by atoms with Crippen molar-refractivity contribution in [2.75, 3.05) is 13.7 Å². The molecule has 0 aliphatic rings. The van der Waals surface area contributed by atoms with E-state index in [4.69, 9.17) is 11.3 Å². The Kier molecular flexibility index (Phi) is 6.77. The highest BCUT2D eigenvalue weighted by Crippen LogP contribution is 2.13. The molecular weight excluding hydrogens is 260 g/mol. The van der Waals surface area contributed by atoms with Crippen LogP contribution in [-0.4, -0.2) is 36.9 Å². The van der Waals surface area contributed by atoms with Crippen LogP contribution in [0.2, 0.25) is 0 Å². The van der Waals surface area contributed by atoms with Crippen LogP contribution in [0.15, 0.2) is 12.2 Å². The van der Waals surface area contributed by atoms with E-state index >= 15 is 0 Å². The fourth-order valence-electron chi connectivity index (χ4n) is 1.35. The molecule has 0 radical (unpaired) electrons. The number of nitrogens with one attached hydrogen (secondary N) is 1. The third-order valence-corrected chi connectivity index (χ3v) is 2.23. The minimum absolute atomic E-state index is 0.320. The van der Waals surface area contributed by atoms with Crippen molar-refractivity contribution in [3.05, 3.63) is 23.6 Å². The molecule has 20 heavy (non-hydrogen) atoms. The normalized spacial score (nSPS) is 14.2. The van der Waals surface area contributed by atoms with E-state index < -0.39 is 23.2 Å². The first-order chi connectivity index (χ1) is 9.14. The van der Waals surface area contributed by atoms with Gasteiger partial charge in [-0.1, -0.05) is 12.2 Å². The first-order valence-electron chi connectivity index (χ1n) is 6.25. The number of amides is 1. The van der Waals surface area contributed by atoms with Crippen LogP contribution in [0.4, 0.5) is 4.79 Å². The smallest absolute Gasteiger partial charge is 0.408 e. The molecule has 0 aromatic heterocycles. The van der Waals surface area contributed by atoms with E-state index in [1.165, 1.54) is 20.1 Å². The van der Waals surface area contributed by atoms with Gasteiger partial charge in [-0.2, -0.15) is 0 Å². The van der Waals surface area contributed by atoms with Crippen LogP contribution >= 0.6 is 0 Å². The second-order valence-corrected chi connectivity index (χ2v) is 5.39. The van der Waals surface area contributed by atoms with Crippen LogP contribution in [0, 0.1) is 6.57 Å². The third kappa shape index (κ3) is 6.78. The maximum absolute atomic E-state index is 11.8. The SMILES string of the molecule is [C-]#[N+]CC/C=C/[C@](C)(NC(=O)OC(C)(C)C)C(=O)OC. The number of hydrogen-bond acceptors (Lipinski definition) is 4. The minimum Gasteiger partial charge on any atom is -0.467 e. The number of alkyl carbamates (subject to hydrolysis) is 1. The summed E-state index contributed by atoms with van der Waals surface area (Å²) in [6, 6.07) is 0. The number of methoxy groups -OCH3 is 1. The standard InChI is InChI=1S/C14H22N2O4/c1-13(2,3)20-12(18)16-14(4,11(17)19-6)9-7-8-10-15-5/h7,9H,8,10H2,1-4,6H3,(H,16,18)/b9-7+/t14-/m0/s1. The van der Waals surface area contributed by atoms with E-state index in [9.17, 15) is 9.59 Å². The highest BCUT2D eigenvalue weighted by molar-refractivity contribution is 5.87. The van der Waals surface area contributed by atoms with Gasteiger partial charge in [0.15, 0.2) is 5.54 Å². The number of esters is 1. The molecule has 0 fully saturated rings. The molecule has 0 aliphatic heterocycles. The zero-order valence-electron chi connectivity index (χ0n) is 12.6. The monoisotopic (exact) mass is 282 g/mol. The summed E-state index contributed by atoms with van der Waals surface area (Å²) >= 11 is 0. The van der Waals surface area contributed by atoms with Crippen molar-refractivity contribution in [1.29, 1.82) is 0 Å². The Morgan fingerprint density at radius 2 is 1.90 bits per heavy atom. The Bertz CT molecular complexity index is 418. The van der Waals surface area contributed by atoms with Gasteiger partial charge in [0.25, 0.3) is 0 Å². The van der Waals surface area contributed by atoms with E-state index in [1.807, 2.05) is 0 Å². The summed E-state index contributed by atoms with van der Waals surface area (Å²) in [6.45, 7) is 13.7. The topological polar surface area (TPSA) is 69.0 Å². The van der Waals surface area contributed by atoms with Gasteiger partial charge in [-0.25, -0.2) is 16.2 Å². The van der Waals surface area contributed by atoms with Crippen molar-refractivity contribution in [2.45, 2.75) is 45.3 Å². The minimum atomic E-state index is -1.32. The van der Waals surface area contributed by atoms with Gasteiger partial charge in [-0.05, 0) is 27.7 Å². The van der Waals surface area contributed by atoms with E-state index in [0.717, 1.165) is 0 Å². The lowest BCUT2D eigenvalue weighted by Gasteiger charge is -2.27. The predicted molar refractivity (Wildman–Crippen MR) is 75.0 cm³/mol. The second kappa shape index (κ2) is 7.53. The predicted octanol–water partition coefficient (Wildman–Crippen LogP) is 2.31. The summed E-state index contributed by atoms with van der Waals surface area (Å²) in [4.78, 5) is 26.8. The van der Waals surface area contributed by atoms with E-state index in [0.29, 0.717) is 13.0 Å². The molecule has 0 aliphatic carbocycles. The molecular formula is C14H22N2O4. The summed E-state index contributed by atoms with van der Waals surface area (Å²) in [5.41, 5.74) is -1.98. The van der Waals surface area contributed by atoms with Crippen molar-refractivity contribution in [3.63, 3.8) is 0 Å². The van der Waals surface area contributed by atoms with Gasteiger partial charge in [0.05, 0.1) is 7.11 Å². The van der Waals surface area contributed by atoms with Gasteiger partial charge < -0.3 is 19.6 Å². The zero-order chi connectivity index (χ0) is 15.8. The van der Waals surface area contributed by atoms with E-state index in [-0.39, 0.29) is 0 Å². The first-order valence-corrected chi connectivity index (χ1v) is 6.25. The van der Waals surface area contributed by atoms with Gasteiger partial charge in [-0.15, -0.1) is 0 Å². The van der Waals surface area contributed by atoms with E-state index in [1.54, 1.807) is 26.8 Å². The molecule has 0 aromatic rings. The molecule has 0 unspecified atom stereocenters. The molecule has 6 nitrogen and oxygen atoms in total. The fraction of sp³-hybridized carbons (Fsp3) is 0.643. The molecule has 0 spiro atoms. The molecule has 0 bridgehead atoms. The average Bonchev–Trinajstić information content (AvgIpc) is 2.31. The average molecular weight is 282 g/mol. The van der Waals surface area contributed by atoms with Gasteiger partial charge in [0, 0.05) is 6.42 Å². The molecule has 0 aromatic carbocycles. The van der Waals surface area contributed by atoms with Gasteiger partial charge in [-0.3, -0.25) is 0 Å². The Labute approximate surface area is 119 Å². The molecule has 6 heteroatoms. The van der Waals surface area contributed by atoms with Crippen LogP contribution in [0.3, 0.4) is 0 Å². The van der Waals surface area contributed by atoms with Crippen molar-refractivity contribution in [3.8, 4) is 0 Å². The van der Waals surface area contributed by atoms with Crippen LogP contribution in [-0.2, 0) is 14.3 Å². The summed E-state index contributed by atoms with van der Waals surface area (Å²) in [5, 5.41) is 2.48. The number of carbonyl (C=O) groups excluding carboxylic acids is 2. The number of carbonyl (C=O) groups is 2. The third-order valence-electron chi connectivity index (χ3n) is 2.23. The lowest BCUT2D eigenvalue weighted by molar-refractivity contribution is -0.145. The molecule has 1 amide bonds. The number of nitrogens with zero attached hydrogens (tertiary/aromatic N) is 1. The second-order valence-electron chi connectivity index (χ2n) is 5.39. The number of hydrogen-bond donors (Lipinski definition) is 1. The molecule has 0 heterocycles. The maximum Gasteiger partial charge on any atom is 0.408 e. The summed E-state index contributed by atoms with van der Waals surface area (Å²) in [6.07, 6.45) is 2.95. The number of rotatable bonds is 5. The largest absolute Gasteiger partial charge is 0.467 e. The van der Waals surface area contributed by atoms with Crippen molar-refractivity contribution in [1.82, 2.24) is 5.32 Å². The highest BCUT2D eigenvalue weighted by atomic mass is 16.6. The van der Waals surface area contributed by atoms with Crippen LogP contribution in [0.1, 0.15) is 34.1 Å². The van der Waals surface area contributed by atoms with Crippen LogP contribution in [0.5, 0.6) is 0 Å². The summed E-state index contributed by atoms with van der Waals surface area (Å²) in [5.74, 6) is -0.609. The number of ether oxygens (including phenoxy) is 2. The molecule has 1 atom stereocenters. The quantitative estimate of drug-likeness (QED) is 0.363. The van der Waals surface area contributed by atoms with Crippen molar-refractivity contribution < 1.29 is 19.1 Å². The molecule has 0 saturated carbocycles. The maximum atomic E-state index is 11.8. The van der Waals surface area contributed by atoms with Gasteiger partial charge >= 0.3 is 12.1 Å². The lowest BCUT2D eigenvalue weighted by atomic mass is 10.0. The fourth-order valence-corrected chi connectivity index (χ4v) is 1.35. The molecule has 0 rings (SSSR count). The van der Waals surface area contributed by atoms with Gasteiger partial charge in [0.1, 0.15) is 5.60 Å². The molecule has 112 valence electrons. The Balaban J connectivity index is 4.88. The molecule has 0 saturated heterocycles. The van der Waals surface area contributed by atoms with Crippen molar-refractivity contribution in [2.24, 2.45) is 0 Å². The Hall–Kier alpha value is -2.03. The van der Waals surface area contributed by atoms with Crippen LogP contribution in [0.25, 0.3) is 4.85 Å². The Morgan fingerprint density at radius 3 is 2.35 bits per heavy atom. The summed E-state index contributed by atoms with van der Waals surface area (Å²) < 4.78 is 9.80. The van der Waals surface area contributed by atoms with Crippen LogP contribution < -0.4 is 5.32 Å².